The van der Waals surface area contributed by atoms with Gasteiger partial charge in [-0.2, -0.15) is 0 Å². The first-order valence-electron chi connectivity index (χ1n) is 8.84. The molecular formula is C19H22N4O2S2. The number of carbonyl (C=O) groups excluding carboxylic acids is 1. The van der Waals surface area contributed by atoms with E-state index in [4.69, 9.17) is 4.74 Å². The van der Waals surface area contributed by atoms with Crippen LogP contribution in [0.15, 0.2) is 46.9 Å². The summed E-state index contributed by atoms with van der Waals surface area (Å²) in [4.78, 5) is 13.5. The van der Waals surface area contributed by atoms with Crippen LogP contribution in [0.4, 0.5) is 5.69 Å². The molecule has 0 atom stereocenters. The summed E-state index contributed by atoms with van der Waals surface area (Å²) >= 11 is 3.03. The second-order valence-electron chi connectivity index (χ2n) is 5.70. The maximum absolute atomic E-state index is 12.4. The average molecular weight is 403 g/mol. The van der Waals surface area contributed by atoms with Crippen molar-refractivity contribution >= 4 is 34.7 Å². The van der Waals surface area contributed by atoms with Crippen molar-refractivity contribution in [2.24, 2.45) is 0 Å². The topological polar surface area (TPSA) is 69.0 Å². The Hall–Kier alpha value is -2.32. The number of aromatic nitrogens is 3. The summed E-state index contributed by atoms with van der Waals surface area (Å²) in [6.45, 7) is 5.40. The molecule has 2 heterocycles. The van der Waals surface area contributed by atoms with Gasteiger partial charge in [0, 0.05) is 6.54 Å². The molecule has 0 radical (unpaired) electrons. The molecule has 0 spiro atoms. The third-order valence-electron chi connectivity index (χ3n) is 3.70. The number of nitrogens with one attached hydrogen (secondary N) is 1. The van der Waals surface area contributed by atoms with Crippen LogP contribution in [-0.4, -0.2) is 33.0 Å². The molecule has 0 unspecified atom stereocenters. The van der Waals surface area contributed by atoms with Gasteiger partial charge in [-0.25, -0.2) is 0 Å². The van der Waals surface area contributed by atoms with E-state index in [-0.39, 0.29) is 11.7 Å². The number of nitrogens with zero attached hydrogens (tertiary/aromatic N) is 3. The Morgan fingerprint density at radius 2 is 2.07 bits per heavy atom. The summed E-state index contributed by atoms with van der Waals surface area (Å²) in [5.74, 6) is 1.69. The summed E-state index contributed by atoms with van der Waals surface area (Å²) in [6.07, 6.45) is 0.970. The van der Waals surface area contributed by atoms with Crippen molar-refractivity contribution in [3.63, 3.8) is 0 Å². The van der Waals surface area contributed by atoms with Crippen LogP contribution in [0.5, 0.6) is 5.75 Å². The maximum atomic E-state index is 12.4. The maximum Gasteiger partial charge on any atom is 0.234 e. The number of carbonyl (C=O) groups is 1. The number of hydrogen-bond donors (Lipinski definition) is 1. The molecular weight excluding hydrogens is 380 g/mol. The lowest BCUT2D eigenvalue weighted by molar-refractivity contribution is -0.113. The second-order valence-corrected chi connectivity index (χ2v) is 7.59. The molecule has 0 saturated carbocycles. The van der Waals surface area contributed by atoms with Crippen molar-refractivity contribution in [3.8, 4) is 16.5 Å². The molecule has 1 aromatic carbocycles. The first-order chi connectivity index (χ1) is 13.2. The first kappa shape index (κ1) is 19.4. The van der Waals surface area contributed by atoms with Crippen molar-refractivity contribution in [1.29, 1.82) is 0 Å². The number of anilines is 1. The Labute approximate surface area is 167 Å². The van der Waals surface area contributed by atoms with Crippen LogP contribution in [-0.2, 0) is 11.3 Å². The van der Waals surface area contributed by atoms with Crippen LogP contribution in [0.1, 0.15) is 20.3 Å². The number of thioether (sulfide) groups is 1. The summed E-state index contributed by atoms with van der Waals surface area (Å²) in [7, 11) is 0. The third-order valence-corrected chi connectivity index (χ3v) is 5.53. The van der Waals surface area contributed by atoms with Gasteiger partial charge < -0.3 is 14.6 Å². The fourth-order valence-corrected chi connectivity index (χ4v) is 4.06. The molecule has 3 rings (SSSR count). The normalized spacial score (nSPS) is 10.7. The molecule has 1 N–H and O–H groups in total. The Bertz CT molecular complexity index is 878. The molecule has 27 heavy (non-hydrogen) atoms. The van der Waals surface area contributed by atoms with E-state index in [2.05, 4.69) is 27.0 Å². The van der Waals surface area contributed by atoms with Gasteiger partial charge in [0.1, 0.15) is 5.75 Å². The lowest BCUT2D eigenvalue weighted by Crippen LogP contribution is -2.15. The van der Waals surface area contributed by atoms with Crippen molar-refractivity contribution in [1.82, 2.24) is 14.8 Å². The van der Waals surface area contributed by atoms with E-state index >= 15 is 0 Å². The highest BCUT2D eigenvalue weighted by Crippen LogP contribution is 2.28. The Morgan fingerprint density at radius 3 is 2.81 bits per heavy atom. The Balaban J connectivity index is 1.67. The number of amides is 1. The predicted molar refractivity (Wildman–Crippen MR) is 111 cm³/mol. The van der Waals surface area contributed by atoms with Gasteiger partial charge in [0.2, 0.25) is 5.91 Å². The standard InChI is InChI=1S/C19H22N4O2S2/c1-3-11-23-18(16-10-7-12-26-16)21-22-19(23)27-13-17(24)20-14-8-5-6-9-15(14)25-4-2/h5-10,12H,3-4,11,13H2,1-2H3,(H,20,24). The van der Waals surface area contributed by atoms with E-state index < -0.39 is 0 Å². The summed E-state index contributed by atoms with van der Waals surface area (Å²) in [6, 6.07) is 11.5. The molecule has 0 fully saturated rings. The number of para-hydroxylation sites is 2. The number of benzene rings is 1. The van der Waals surface area contributed by atoms with Gasteiger partial charge in [-0.1, -0.05) is 36.9 Å². The molecule has 0 saturated heterocycles. The van der Waals surface area contributed by atoms with Gasteiger partial charge >= 0.3 is 0 Å². The average Bonchev–Trinajstić information content (AvgIpc) is 3.32. The molecule has 142 valence electrons. The molecule has 2 aromatic heterocycles. The minimum absolute atomic E-state index is 0.101. The molecule has 8 heteroatoms. The fraction of sp³-hybridized carbons (Fsp3) is 0.316. The van der Waals surface area contributed by atoms with Crippen molar-refractivity contribution < 1.29 is 9.53 Å². The van der Waals surface area contributed by atoms with E-state index in [9.17, 15) is 4.79 Å². The highest BCUT2D eigenvalue weighted by atomic mass is 32.2. The Morgan fingerprint density at radius 1 is 1.22 bits per heavy atom. The zero-order chi connectivity index (χ0) is 19.1. The van der Waals surface area contributed by atoms with Crippen molar-refractivity contribution in [2.75, 3.05) is 17.7 Å². The quantitative estimate of drug-likeness (QED) is 0.532. The first-order valence-corrected chi connectivity index (χ1v) is 10.7. The van der Waals surface area contributed by atoms with Crippen LogP contribution in [0.3, 0.4) is 0 Å². The highest BCUT2D eigenvalue weighted by Gasteiger charge is 2.16. The summed E-state index contributed by atoms with van der Waals surface area (Å²) in [5.41, 5.74) is 0.680. The lowest BCUT2D eigenvalue weighted by atomic mass is 10.3. The zero-order valence-electron chi connectivity index (χ0n) is 15.3. The lowest BCUT2D eigenvalue weighted by Gasteiger charge is -2.11. The molecule has 6 nitrogen and oxygen atoms in total. The zero-order valence-corrected chi connectivity index (χ0v) is 17.0. The molecule has 0 bridgehead atoms. The molecule has 3 aromatic rings. The van der Waals surface area contributed by atoms with Gasteiger partial charge in [-0.05, 0) is 36.9 Å². The van der Waals surface area contributed by atoms with Crippen LogP contribution < -0.4 is 10.1 Å². The van der Waals surface area contributed by atoms with Gasteiger partial charge in [0.05, 0.1) is 22.9 Å². The van der Waals surface area contributed by atoms with E-state index in [0.29, 0.717) is 18.0 Å². The van der Waals surface area contributed by atoms with E-state index in [1.807, 2.05) is 48.7 Å². The number of rotatable bonds is 9. The highest BCUT2D eigenvalue weighted by molar-refractivity contribution is 7.99. The molecule has 0 aliphatic heterocycles. The van der Waals surface area contributed by atoms with Crippen LogP contribution in [0, 0.1) is 0 Å². The number of ether oxygens (including phenoxy) is 1. The fourth-order valence-electron chi connectivity index (χ4n) is 2.58. The SMILES string of the molecule is CCCn1c(SCC(=O)Nc2ccccc2OCC)nnc1-c1cccs1. The predicted octanol–water partition coefficient (Wildman–Crippen LogP) is 4.55. The van der Waals surface area contributed by atoms with Gasteiger partial charge in [0.25, 0.3) is 0 Å². The van der Waals surface area contributed by atoms with Crippen LogP contribution >= 0.6 is 23.1 Å². The minimum atomic E-state index is -0.101. The largest absolute Gasteiger partial charge is 0.492 e. The number of thiophene rings is 1. The summed E-state index contributed by atoms with van der Waals surface area (Å²) < 4.78 is 7.63. The van der Waals surface area contributed by atoms with Gasteiger partial charge in [-0.3, -0.25) is 4.79 Å². The molecule has 1 amide bonds. The van der Waals surface area contributed by atoms with Crippen molar-refractivity contribution in [3.05, 3.63) is 41.8 Å². The number of hydrogen-bond acceptors (Lipinski definition) is 6. The van der Waals surface area contributed by atoms with E-state index in [1.165, 1.54) is 11.8 Å². The van der Waals surface area contributed by atoms with Crippen LogP contribution in [0.25, 0.3) is 10.7 Å². The van der Waals surface area contributed by atoms with Gasteiger partial charge in [0.15, 0.2) is 11.0 Å². The van der Waals surface area contributed by atoms with Gasteiger partial charge in [-0.15, -0.1) is 21.5 Å². The molecule has 0 aliphatic carbocycles. The monoisotopic (exact) mass is 402 g/mol. The Kier molecular flexibility index (Phi) is 6.89. The van der Waals surface area contributed by atoms with E-state index in [1.54, 1.807) is 11.3 Å². The third kappa shape index (κ3) is 4.90. The van der Waals surface area contributed by atoms with Crippen LogP contribution in [0.2, 0.25) is 0 Å². The smallest absolute Gasteiger partial charge is 0.234 e. The van der Waals surface area contributed by atoms with Crippen molar-refractivity contribution in [2.45, 2.75) is 32.0 Å². The minimum Gasteiger partial charge on any atom is -0.492 e. The van der Waals surface area contributed by atoms with E-state index in [0.717, 1.165) is 28.8 Å². The second kappa shape index (κ2) is 9.57. The molecule has 0 aliphatic rings. The summed E-state index contributed by atoms with van der Waals surface area (Å²) in [5, 5.41) is 14.3.